The van der Waals surface area contributed by atoms with Gasteiger partial charge >= 0.3 is 0 Å². The van der Waals surface area contributed by atoms with Gasteiger partial charge < -0.3 is 10.1 Å². The van der Waals surface area contributed by atoms with Crippen molar-refractivity contribution >= 4 is 5.91 Å². The molecule has 0 unspecified atom stereocenters. The van der Waals surface area contributed by atoms with Gasteiger partial charge in [0.15, 0.2) is 0 Å². The van der Waals surface area contributed by atoms with Crippen LogP contribution in [0.2, 0.25) is 0 Å². The summed E-state index contributed by atoms with van der Waals surface area (Å²) < 4.78 is 5.48. The SMILES string of the molecule is Cc1ccc(CC(=O)NCc2ccc3c(c2)CCO3)cc1. The van der Waals surface area contributed by atoms with Crippen LogP contribution in [0.1, 0.15) is 22.3 Å². The molecule has 108 valence electrons. The predicted octanol–water partition coefficient (Wildman–Crippen LogP) is 2.79. The molecule has 0 bridgehead atoms. The van der Waals surface area contributed by atoms with E-state index in [1.807, 2.05) is 43.3 Å². The molecule has 0 radical (unpaired) electrons. The van der Waals surface area contributed by atoms with E-state index in [0.717, 1.165) is 29.9 Å². The molecule has 3 rings (SSSR count). The number of carbonyl (C=O) groups is 1. The number of ether oxygens (including phenoxy) is 1. The van der Waals surface area contributed by atoms with Crippen LogP contribution in [0.4, 0.5) is 0 Å². The quantitative estimate of drug-likeness (QED) is 0.936. The molecule has 0 aromatic heterocycles. The van der Waals surface area contributed by atoms with Crippen molar-refractivity contribution in [3.63, 3.8) is 0 Å². The topological polar surface area (TPSA) is 38.3 Å². The van der Waals surface area contributed by atoms with Crippen LogP contribution in [0.5, 0.6) is 5.75 Å². The molecule has 0 atom stereocenters. The normalized spacial score (nSPS) is 12.6. The second-order valence-electron chi connectivity index (χ2n) is 5.48. The molecule has 0 fully saturated rings. The van der Waals surface area contributed by atoms with E-state index >= 15 is 0 Å². The minimum Gasteiger partial charge on any atom is -0.493 e. The molecule has 0 saturated carbocycles. The van der Waals surface area contributed by atoms with Crippen LogP contribution < -0.4 is 10.1 Å². The van der Waals surface area contributed by atoms with Gasteiger partial charge in [-0.2, -0.15) is 0 Å². The first-order valence-corrected chi connectivity index (χ1v) is 7.27. The first kappa shape index (κ1) is 13.7. The Balaban J connectivity index is 1.55. The van der Waals surface area contributed by atoms with Gasteiger partial charge in [-0.05, 0) is 29.7 Å². The van der Waals surface area contributed by atoms with Crippen molar-refractivity contribution in [2.24, 2.45) is 0 Å². The van der Waals surface area contributed by atoms with Crippen LogP contribution in [0.3, 0.4) is 0 Å². The summed E-state index contributed by atoms with van der Waals surface area (Å²) in [5.41, 5.74) is 4.61. The van der Waals surface area contributed by atoms with E-state index in [1.165, 1.54) is 11.1 Å². The minimum absolute atomic E-state index is 0.0515. The average Bonchev–Trinajstić information content (AvgIpc) is 2.95. The van der Waals surface area contributed by atoms with Gasteiger partial charge in [-0.25, -0.2) is 0 Å². The molecule has 1 amide bonds. The zero-order valence-corrected chi connectivity index (χ0v) is 12.2. The van der Waals surface area contributed by atoms with Crippen LogP contribution in [0, 0.1) is 6.92 Å². The second-order valence-corrected chi connectivity index (χ2v) is 5.48. The highest BCUT2D eigenvalue weighted by Crippen LogP contribution is 2.25. The number of amides is 1. The lowest BCUT2D eigenvalue weighted by Gasteiger charge is -2.07. The molecular weight excluding hydrogens is 262 g/mol. The Bertz CT molecular complexity index is 647. The van der Waals surface area contributed by atoms with Gasteiger partial charge in [-0.1, -0.05) is 42.0 Å². The van der Waals surface area contributed by atoms with Crippen molar-refractivity contribution in [3.8, 4) is 5.75 Å². The van der Waals surface area contributed by atoms with Crippen LogP contribution in [0.25, 0.3) is 0 Å². The van der Waals surface area contributed by atoms with E-state index < -0.39 is 0 Å². The van der Waals surface area contributed by atoms with Crippen molar-refractivity contribution in [1.82, 2.24) is 5.32 Å². The summed E-state index contributed by atoms with van der Waals surface area (Å²) in [6.45, 7) is 3.37. The fourth-order valence-electron chi connectivity index (χ4n) is 2.50. The Morgan fingerprint density at radius 3 is 2.71 bits per heavy atom. The molecule has 0 aliphatic carbocycles. The molecule has 1 aliphatic rings. The Morgan fingerprint density at radius 2 is 1.90 bits per heavy atom. The number of rotatable bonds is 4. The summed E-state index contributed by atoms with van der Waals surface area (Å²) in [4.78, 5) is 12.0. The highest BCUT2D eigenvalue weighted by atomic mass is 16.5. The number of hydrogen-bond donors (Lipinski definition) is 1. The van der Waals surface area contributed by atoms with Crippen LogP contribution >= 0.6 is 0 Å². The Hall–Kier alpha value is -2.29. The smallest absolute Gasteiger partial charge is 0.224 e. The maximum atomic E-state index is 12.0. The summed E-state index contributed by atoms with van der Waals surface area (Å²) in [5.74, 6) is 1.03. The molecule has 21 heavy (non-hydrogen) atoms. The average molecular weight is 281 g/mol. The van der Waals surface area contributed by atoms with Gasteiger partial charge in [0, 0.05) is 13.0 Å². The summed E-state index contributed by atoms with van der Waals surface area (Å²) in [6.07, 6.45) is 1.38. The van der Waals surface area contributed by atoms with E-state index in [9.17, 15) is 4.79 Å². The number of aryl methyl sites for hydroxylation is 1. The van der Waals surface area contributed by atoms with Gasteiger partial charge in [0.1, 0.15) is 5.75 Å². The van der Waals surface area contributed by atoms with Crippen molar-refractivity contribution in [2.45, 2.75) is 26.3 Å². The van der Waals surface area contributed by atoms with E-state index in [1.54, 1.807) is 0 Å². The van der Waals surface area contributed by atoms with Gasteiger partial charge in [0.05, 0.1) is 13.0 Å². The summed E-state index contributed by atoms with van der Waals surface area (Å²) in [7, 11) is 0. The number of benzene rings is 2. The van der Waals surface area contributed by atoms with Crippen molar-refractivity contribution in [2.75, 3.05) is 6.61 Å². The summed E-state index contributed by atoms with van der Waals surface area (Å²) in [5, 5.41) is 2.97. The first-order valence-electron chi connectivity index (χ1n) is 7.27. The maximum Gasteiger partial charge on any atom is 0.224 e. The molecule has 0 saturated heterocycles. The summed E-state index contributed by atoms with van der Waals surface area (Å²) >= 11 is 0. The molecule has 2 aromatic rings. The van der Waals surface area contributed by atoms with Gasteiger partial charge in [0.25, 0.3) is 0 Å². The molecule has 3 heteroatoms. The summed E-state index contributed by atoms with van der Waals surface area (Å²) in [6, 6.07) is 14.2. The third kappa shape index (κ3) is 3.43. The van der Waals surface area contributed by atoms with Crippen molar-refractivity contribution < 1.29 is 9.53 Å². The number of carbonyl (C=O) groups excluding carboxylic acids is 1. The van der Waals surface area contributed by atoms with Crippen LogP contribution in [0.15, 0.2) is 42.5 Å². The lowest BCUT2D eigenvalue weighted by Crippen LogP contribution is -2.24. The monoisotopic (exact) mass is 281 g/mol. The number of fused-ring (bicyclic) bond motifs is 1. The predicted molar refractivity (Wildman–Crippen MR) is 82.4 cm³/mol. The second kappa shape index (κ2) is 6.00. The first-order chi connectivity index (χ1) is 10.2. The number of hydrogen-bond acceptors (Lipinski definition) is 2. The van der Waals surface area contributed by atoms with E-state index in [2.05, 4.69) is 11.4 Å². The maximum absolute atomic E-state index is 12.0. The lowest BCUT2D eigenvalue weighted by molar-refractivity contribution is -0.120. The van der Waals surface area contributed by atoms with Crippen molar-refractivity contribution in [3.05, 3.63) is 64.7 Å². The Kier molecular flexibility index (Phi) is 3.91. The number of nitrogens with one attached hydrogen (secondary N) is 1. The minimum atomic E-state index is 0.0515. The zero-order valence-electron chi connectivity index (χ0n) is 12.2. The van der Waals surface area contributed by atoms with Crippen LogP contribution in [-0.2, 0) is 24.2 Å². The molecule has 1 N–H and O–H groups in total. The third-order valence-electron chi connectivity index (χ3n) is 3.73. The van der Waals surface area contributed by atoms with Gasteiger partial charge in [-0.3, -0.25) is 4.79 Å². The Morgan fingerprint density at radius 1 is 1.14 bits per heavy atom. The molecule has 0 spiro atoms. The fraction of sp³-hybridized carbons (Fsp3) is 0.278. The molecule has 1 heterocycles. The fourth-order valence-corrected chi connectivity index (χ4v) is 2.50. The molecule has 3 nitrogen and oxygen atoms in total. The van der Waals surface area contributed by atoms with E-state index in [-0.39, 0.29) is 5.91 Å². The van der Waals surface area contributed by atoms with Gasteiger partial charge in [-0.15, -0.1) is 0 Å². The van der Waals surface area contributed by atoms with Crippen molar-refractivity contribution in [1.29, 1.82) is 0 Å². The molecule has 1 aliphatic heterocycles. The standard InChI is InChI=1S/C18H19NO2/c1-13-2-4-14(5-3-13)11-18(20)19-12-15-6-7-17-16(10-15)8-9-21-17/h2-7,10H,8-9,11-12H2,1H3,(H,19,20). The highest BCUT2D eigenvalue weighted by molar-refractivity contribution is 5.78. The van der Waals surface area contributed by atoms with Crippen LogP contribution in [-0.4, -0.2) is 12.5 Å². The van der Waals surface area contributed by atoms with E-state index in [4.69, 9.17) is 4.74 Å². The zero-order chi connectivity index (χ0) is 14.7. The van der Waals surface area contributed by atoms with Gasteiger partial charge in [0.2, 0.25) is 5.91 Å². The molecular formula is C18H19NO2. The largest absolute Gasteiger partial charge is 0.493 e. The highest BCUT2D eigenvalue weighted by Gasteiger charge is 2.12. The molecule has 2 aromatic carbocycles. The third-order valence-corrected chi connectivity index (χ3v) is 3.73. The lowest BCUT2D eigenvalue weighted by atomic mass is 10.1. The Labute approximate surface area is 124 Å². The van der Waals surface area contributed by atoms with E-state index in [0.29, 0.717) is 13.0 Å².